The van der Waals surface area contributed by atoms with Gasteiger partial charge in [0.25, 0.3) is 0 Å². The number of nitrogens with zero attached hydrogens (tertiary/aromatic N) is 1. The molecule has 3 aromatic rings. The van der Waals surface area contributed by atoms with Gasteiger partial charge in [-0.15, -0.1) is 0 Å². The van der Waals surface area contributed by atoms with E-state index in [0.717, 1.165) is 41.5 Å². The van der Waals surface area contributed by atoms with Crippen LogP contribution in [0.1, 0.15) is 74.1 Å². The van der Waals surface area contributed by atoms with Crippen LogP contribution in [-0.2, 0) is 23.2 Å². The molecule has 0 radical (unpaired) electrons. The molecule has 0 saturated heterocycles. The normalized spacial score (nSPS) is 24.5. The lowest BCUT2D eigenvalue weighted by Crippen LogP contribution is -2.17. The highest BCUT2D eigenvalue weighted by Gasteiger charge is 2.63. The second-order valence-corrected chi connectivity index (χ2v) is 12.4. The third-order valence-corrected chi connectivity index (χ3v) is 9.68. The van der Waals surface area contributed by atoms with E-state index in [9.17, 15) is 9.90 Å². The van der Waals surface area contributed by atoms with Gasteiger partial charge in [-0.2, -0.15) is 0 Å². The first-order valence-corrected chi connectivity index (χ1v) is 14.0. The van der Waals surface area contributed by atoms with Gasteiger partial charge in [-0.05, 0) is 71.8 Å². The largest absolute Gasteiger partial charge is 0.486 e. The summed E-state index contributed by atoms with van der Waals surface area (Å²) in [4.78, 5) is 15.9. The van der Waals surface area contributed by atoms with E-state index in [2.05, 4.69) is 31.0 Å². The summed E-state index contributed by atoms with van der Waals surface area (Å²) in [5, 5.41) is 10.1. The van der Waals surface area contributed by atoms with Crippen molar-refractivity contribution >= 4 is 17.6 Å². The molecule has 1 aromatic heterocycles. The van der Waals surface area contributed by atoms with Gasteiger partial charge in [-0.3, -0.25) is 4.79 Å². The van der Waals surface area contributed by atoms with Crippen LogP contribution in [0.3, 0.4) is 0 Å². The van der Waals surface area contributed by atoms with Gasteiger partial charge in [0.05, 0.1) is 24.2 Å². The van der Waals surface area contributed by atoms with Gasteiger partial charge < -0.3 is 14.6 Å². The maximum Gasteiger partial charge on any atom is 0.307 e. The van der Waals surface area contributed by atoms with Crippen LogP contribution in [0.15, 0.2) is 42.6 Å². The highest BCUT2D eigenvalue weighted by Crippen LogP contribution is 2.63. The first kappa shape index (κ1) is 26.1. The molecule has 7 heteroatoms. The minimum Gasteiger partial charge on any atom is -0.486 e. The molecule has 0 amide bonds. The maximum absolute atomic E-state index is 15.7. The number of aryl methyl sites for hydroxylation is 1. The fraction of sp³-hybridized carbons (Fsp3) is 0.438. The van der Waals surface area contributed by atoms with Gasteiger partial charge in [-0.25, -0.2) is 9.37 Å². The van der Waals surface area contributed by atoms with Crippen molar-refractivity contribution in [2.75, 3.05) is 7.11 Å². The molecule has 3 atom stereocenters. The van der Waals surface area contributed by atoms with Crippen molar-refractivity contribution in [2.24, 2.45) is 11.3 Å². The van der Waals surface area contributed by atoms with Gasteiger partial charge in [0.1, 0.15) is 6.61 Å². The predicted octanol–water partition coefficient (Wildman–Crippen LogP) is 7.71. The van der Waals surface area contributed by atoms with Crippen molar-refractivity contribution in [3.8, 4) is 22.8 Å². The SMILES string of the molecule is COc1cc(-c2ccc(COc3ccc4c(c3F)[C@@]3(CC4)C[C@@H]3C(=O)O)cc2[C@@H]2CCCC2(C)C)c(Cl)cn1. The molecule has 1 spiro atoms. The lowest BCUT2D eigenvalue weighted by molar-refractivity contribution is -0.139. The Balaban J connectivity index is 1.33. The fourth-order valence-corrected chi connectivity index (χ4v) is 7.36. The zero-order valence-electron chi connectivity index (χ0n) is 22.5. The molecule has 3 aliphatic rings. The fourth-order valence-electron chi connectivity index (χ4n) is 7.16. The summed E-state index contributed by atoms with van der Waals surface area (Å²) in [5.74, 6) is -0.737. The molecule has 6 rings (SSSR count). The van der Waals surface area contributed by atoms with Crippen LogP contribution in [0.4, 0.5) is 4.39 Å². The summed E-state index contributed by atoms with van der Waals surface area (Å²) in [7, 11) is 1.59. The second kappa shape index (κ2) is 9.51. The molecule has 2 saturated carbocycles. The topological polar surface area (TPSA) is 68.7 Å². The number of hydrogen-bond donors (Lipinski definition) is 1. The first-order valence-electron chi connectivity index (χ1n) is 13.6. The van der Waals surface area contributed by atoms with Crippen molar-refractivity contribution in [1.29, 1.82) is 0 Å². The van der Waals surface area contributed by atoms with E-state index in [1.54, 1.807) is 19.4 Å². The van der Waals surface area contributed by atoms with Gasteiger partial charge >= 0.3 is 5.97 Å². The van der Waals surface area contributed by atoms with Gasteiger partial charge in [-0.1, -0.05) is 56.1 Å². The van der Waals surface area contributed by atoms with Crippen molar-refractivity contribution in [2.45, 2.75) is 70.3 Å². The Bertz CT molecular complexity index is 1470. The quantitative estimate of drug-likeness (QED) is 0.327. The zero-order valence-corrected chi connectivity index (χ0v) is 23.3. The molecule has 2 fully saturated rings. The minimum absolute atomic E-state index is 0.128. The predicted molar refractivity (Wildman–Crippen MR) is 148 cm³/mol. The number of carboxylic acids is 1. The van der Waals surface area contributed by atoms with E-state index >= 15 is 4.39 Å². The van der Waals surface area contributed by atoms with E-state index in [0.29, 0.717) is 41.6 Å². The minimum atomic E-state index is -0.844. The second-order valence-electron chi connectivity index (χ2n) is 12.0. The van der Waals surface area contributed by atoms with Crippen LogP contribution in [0.2, 0.25) is 5.02 Å². The number of benzene rings is 2. The summed E-state index contributed by atoms with van der Waals surface area (Å²) in [6, 6.07) is 11.7. The maximum atomic E-state index is 15.7. The van der Waals surface area contributed by atoms with Gasteiger partial charge in [0.2, 0.25) is 5.88 Å². The number of aliphatic carboxylic acids is 1. The van der Waals surface area contributed by atoms with E-state index in [1.807, 2.05) is 18.2 Å². The Kier molecular flexibility index (Phi) is 6.37. The summed E-state index contributed by atoms with van der Waals surface area (Å²) < 4.78 is 27.2. The molecule has 0 bridgehead atoms. The number of halogens is 2. The Morgan fingerprint density at radius 2 is 2.00 bits per heavy atom. The molecule has 1 heterocycles. The van der Waals surface area contributed by atoms with E-state index in [-0.39, 0.29) is 17.8 Å². The average molecular weight is 550 g/mol. The van der Waals surface area contributed by atoms with Crippen LogP contribution in [-0.4, -0.2) is 23.2 Å². The standard InChI is InChI=1S/C32H33ClFNO4/c1-31(2)11-4-5-23(31)21-13-18(6-8-20(21)22-14-27(38-3)35-16-25(22)33)17-39-26-9-7-19-10-12-32(28(19)29(26)34)15-24(32)30(36)37/h6-9,13-14,16,23-24H,4-5,10-12,15,17H2,1-3H3,(H,36,37)/t23-,24+,32-/m0/s1. The molecule has 2 aromatic carbocycles. The number of carbonyl (C=O) groups is 1. The number of carboxylic acid groups (broad SMARTS) is 1. The molecule has 0 unspecified atom stereocenters. The van der Waals surface area contributed by atoms with Crippen LogP contribution >= 0.6 is 11.6 Å². The molecular weight excluding hydrogens is 517 g/mol. The molecule has 204 valence electrons. The lowest BCUT2D eigenvalue weighted by Gasteiger charge is -2.30. The van der Waals surface area contributed by atoms with Crippen LogP contribution < -0.4 is 9.47 Å². The van der Waals surface area contributed by atoms with Crippen molar-refractivity contribution < 1.29 is 23.8 Å². The Morgan fingerprint density at radius 1 is 1.18 bits per heavy atom. The Hall–Kier alpha value is -3.12. The van der Waals surface area contributed by atoms with Crippen molar-refractivity contribution in [1.82, 2.24) is 4.98 Å². The summed E-state index contributed by atoms with van der Waals surface area (Å²) >= 11 is 6.62. The lowest BCUT2D eigenvalue weighted by atomic mass is 9.75. The number of methoxy groups -OCH3 is 1. The third kappa shape index (κ3) is 4.37. The average Bonchev–Trinajstić information content (AvgIpc) is 3.36. The van der Waals surface area contributed by atoms with E-state index in [1.165, 1.54) is 5.56 Å². The Labute approximate surface area is 233 Å². The van der Waals surface area contributed by atoms with Crippen LogP contribution in [0.25, 0.3) is 11.1 Å². The Morgan fingerprint density at radius 3 is 2.69 bits per heavy atom. The van der Waals surface area contributed by atoms with Gasteiger partial charge in [0.15, 0.2) is 11.6 Å². The number of hydrogen-bond acceptors (Lipinski definition) is 4. The zero-order chi connectivity index (χ0) is 27.5. The van der Waals surface area contributed by atoms with Crippen LogP contribution in [0.5, 0.6) is 11.6 Å². The smallest absolute Gasteiger partial charge is 0.307 e. The number of aromatic nitrogens is 1. The summed E-state index contributed by atoms with van der Waals surface area (Å²) in [6.07, 6.45) is 6.89. The van der Waals surface area contributed by atoms with Gasteiger partial charge in [0, 0.05) is 22.6 Å². The number of ether oxygens (including phenoxy) is 2. The number of pyridine rings is 1. The molecule has 3 aliphatic carbocycles. The molecule has 0 aliphatic heterocycles. The van der Waals surface area contributed by atoms with E-state index < -0.39 is 23.1 Å². The van der Waals surface area contributed by atoms with Crippen molar-refractivity contribution in [3.63, 3.8) is 0 Å². The molecule has 1 N–H and O–H groups in total. The molecular formula is C32H33ClFNO4. The number of fused-ring (bicyclic) bond motifs is 2. The monoisotopic (exact) mass is 549 g/mol. The highest BCUT2D eigenvalue weighted by atomic mass is 35.5. The summed E-state index contributed by atoms with van der Waals surface area (Å²) in [5.41, 5.74) is 5.08. The van der Waals surface area contributed by atoms with E-state index in [4.69, 9.17) is 21.1 Å². The van der Waals surface area contributed by atoms with Crippen LogP contribution in [0, 0.1) is 17.2 Å². The third-order valence-electron chi connectivity index (χ3n) is 9.38. The van der Waals surface area contributed by atoms with Crippen molar-refractivity contribution in [3.05, 3.63) is 75.7 Å². The first-order chi connectivity index (χ1) is 18.6. The highest BCUT2D eigenvalue weighted by molar-refractivity contribution is 6.33. The number of rotatable bonds is 7. The summed E-state index contributed by atoms with van der Waals surface area (Å²) in [6.45, 7) is 4.83. The molecule has 39 heavy (non-hydrogen) atoms. The molecule has 5 nitrogen and oxygen atoms in total.